The molecule has 0 unspecified atom stereocenters. The van der Waals surface area contributed by atoms with Crippen molar-refractivity contribution in [2.45, 2.75) is 13.8 Å². The van der Waals surface area contributed by atoms with E-state index in [-0.39, 0.29) is 11.8 Å². The van der Waals surface area contributed by atoms with E-state index in [0.717, 1.165) is 5.56 Å². The second kappa shape index (κ2) is 8.14. The Morgan fingerprint density at radius 1 is 0.931 bits per heavy atom. The van der Waals surface area contributed by atoms with Crippen molar-refractivity contribution in [1.29, 1.82) is 0 Å². The Labute approximate surface area is 168 Å². The molecule has 152 valence electrons. The molecule has 0 aliphatic rings. The van der Waals surface area contributed by atoms with Gasteiger partial charge < -0.3 is 29.8 Å². The molecule has 0 saturated carbocycles. The number of amides is 2. The first-order valence-corrected chi connectivity index (χ1v) is 8.89. The van der Waals surface area contributed by atoms with Crippen molar-refractivity contribution in [3.8, 4) is 17.2 Å². The summed E-state index contributed by atoms with van der Waals surface area (Å²) >= 11 is 0. The van der Waals surface area contributed by atoms with Gasteiger partial charge in [0, 0.05) is 29.8 Å². The largest absolute Gasteiger partial charge is 0.496 e. The zero-order valence-corrected chi connectivity index (χ0v) is 16.9. The minimum atomic E-state index is -0.340. The van der Waals surface area contributed by atoms with Crippen molar-refractivity contribution in [2.75, 3.05) is 32.0 Å². The number of rotatable bonds is 6. The van der Waals surface area contributed by atoms with E-state index in [4.69, 9.17) is 14.2 Å². The van der Waals surface area contributed by atoms with Crippen LogP contribution in [0.3, 0.4) is 0 Å². The molecule has 8 nitrogen and oxygen atoms in total. The molecule has 1 heterocycles. The summed E-state index contributed by atoms with van der Waals surface area (Å²) < 4.78 is 16.2. The fourth-order valence-electron chi connectivity index (χ4n) is 3.09. The van der Waals surface area contributed by atoms with Gasteiger partial charge in [0.1, 0.15) is 11.4 Å². The van der Waals surface area contributed by atoms with Crippen LogP contribution in [0.4, 0.5) is 11.4 Å². The maximum absolute atomic E-state index is 12.9. The van der Waals surface area contributed by atoms with Gasteiger partial charge in [-0.25, -0.2) is 0 Å². The third kappa shape index (κ3) is 3.96. The summed E-state index contributed by atoms with van der Waals surface area (Å²) in [4.78, 5) is 27.3. The summed E-state index contributed by atoms with van der Waals surface area (Å²) in [5.74, 6) is 0.995. The van der Waals surface area contributed by atoms with Crippen molar-refractivity contribution in [1.82, 2.24) is 4.98 Å². The predicted molar refractivity (Wildman–Crippen MR) is 111 cm³/mol. The molecule has 2 aromatic carbocycles. The molecule has 0 saturated heterocycles. The SMILES string of the molecule is COc1cc(OC)c2cc(C(=O)Nc3cc(NC(C)=O)ccc3C)[nH]c2c1OC. The van der Waals surface area contributed by atoms with Crippen molar-refractivity contribution in [3.05, 3.63) is 41.6 Å². The Morgan fingerprint density at radius 3 is 2.28 bits per heavy atom. The number of hydrogen-bond acceptors (Lipinski definition) is 5. The quantitative estimate of drug-likeness (QED) is 0.589. The summed E-state index contributed by atoms with van der Waals surface area (Å²) in [7, 11) is 4.61. The summed E-state index contributed by atoms with van der Waals surface area (Å²) in [6, 6.07) is 8.71. The highest BCUT2D eigenvalue weighted by Gasteiger charge is 2.20. The molecule has 0 aliphatic heterocycles. The first kappa shape index (κ1) is 20.1. The molecule has 8 heteroatoms. The van der Waals surface area contributed by atoms with Gasteiger partial charge in [-0.05, 0) is 30.7 Å². The Hall–Kier alpha value is -3.68. The molecule has 3 aromatic rings. The minimum absolute atomic E-state index is 0.185. The van der Waals surface area contributed by atoms with E-state index in [1.807, 2.05) is 13.0 Å². The number of carbonyl (C=O) groups excluding carboxylic acids is 2. The average Bonchev–Trinajstić information content (AvgIpc) is 3.14. The zero-order valence-electron chi connectivity index (χ0n) is 16.9. The Kier molecular flexibility index (Phi) is 5.63. The van der Waals surface area contributed by atoms with Gasteiger partial charge >= 0.3 is 0 Å². The van der Waals surface area contributed by atoms with Gasteiger partial charge in [-0.15, -0.1) is 0 Å². The molecule has 0 radical (unpaired) electrons. The summed E-state index contributed by atoms with van der Waals surface area (Å²) in [5.41, 5.74) is 2.98. The maximum atomic E-state index is 12.9. The molecular weight excluding hydrogens is 374 g/mol. The van der Waals surface area contributed by atoms with Crippen LogP contribution in [0.1, 0.15) is 23.0 Å². The Balaban J connectivity index is 1.99. The van der Waals surface area contributed by atoms with Crippen LogP contribution in [0.25, 0.3) is 10.9 Å². The normalized spacial score (nSPS) is 10.5. The highest BCUT2D eigenvalue weighted by molar-refractivity contribution is 6.08. The van der Waals surface area contributed by atoms with Gasteiger partial charge in [0.25, 0.3) is 5.91 Å². The number of aromatic nitrogens is 1. The topological polar surface area (TPSA) is 102 Å². The molecule has 1 aromatic heterocycles. The van der Waals surface area contributed by atoms with Gasteiger partial charge in [-0.2, -0.15) is 0 Å². The molecule has 3 rings (SSSR count). The van der Waals surface area contributed by atoms with E-state index in [9.17, 15) is 9.59 Å². The monoisotopic (exact) mass is 397 g/mol. The lowest BCUT2D eigenvalue weighted by atomic mass is 10.1. The van der Waals surface area contributed by atoms with Gasteiger partial charge in [-0.1, -0.05) is 6.07 Å². The number of benzene rings is 2. The van der Waals surface area contributed by atoms with Crippen LogP contribution >= 0.6 is 0 Å². The van der Waals surface area contributed by atoms with Crippen molar-refractivity contribution in [3.63, 3.8) is 0 Å². The van der Waals surface area contributed by atoms with Crippen LogP contribution in [0.2, 0.25) is 0 Å². The molecule has 3 N–H and O–H groups in total. The van der Waals surface area contributed by atoms with E-state index < -0.39 is 0 Å². The highest BCUT2D eigenvalue weighted by atomic mass is 16.5. The van der Waals surface area contributed by atoms with Crippen LogP contribution in [-0.2, 0) is 4.79 Å². The average molecular weight is 397 g/mol. The molecule has 2 amide bonds. The van der Waals surface area contributed by atoms with Crippen LogP contribution in [-0.4, -0.2) is 38.1 Å². The van der Waals surface area contributed by atoms with Gasteiger partial charge in [0.05, 0.1) is 26.8 Å². The number of anilines is 2. The lowest BCUT2D eigenvalue weighted by Gasteiger charge is -2.11. The van der Waals surface area contributed by atoms with Gasteiger partial charge in [0.2, 0.25) is 5.91 Å². The van der Waals surface area contributed by atoms with E-state index in [1.165, 1.54) is 21.1 Å². The van der Waals surface area contributed by atoms with Crippen molar-refractivity contribution in [2.24, 2.45) is 0 Å². The summed E-state index contributed by atoms with van der Waals surface area (Å²) in [6.07, 6.45) is 0. The highest BCUT2D eigenvalue weighted by Crippen LogP contribution is 2.41. The molecule has 0 spiro atoms. The number of hydrogen-bond donors (Lipinski definition) is 3. The zero-order chi connectivity index (χ0) is 21.1. The molecule has 0 bridgehead atoms. The number of carbonyl (C=O) groups is 2. The number of fused-ring (bicyclic) bond motifs is 1. The number of H-pyrrole nitrogens is 1. The minimum Gasteiger partial charge on any atom is -0.496 e. The van der Waals surface area contributed by atoms with E-state index in [0.29, 0.717) is 45.2 Å². The van der Waals surface area contributed by atoms with E-state index in [1.54, 1.807) is 31.4 Å². The second-order valence-corrected chi connectivity index (χ2v) is 6.45. The van der Waals surface area contributed by atoms with Crippen LogP contribution in [0, 0.1) is 6.92 Å². The van der Waals surface area contributed by atoms with Crippen LogP contribution in [0.15, 0.2) is 30.3 Å². The first-order chi connectivity index (χ1) is 13.9. The maximum Gasteiger partial charge on any atom is 0.272 e. The number of aromatic amines is 1. The lowest BCUT2D eigenvalue weighted by Crippen LogP contribution is -2.14. The van der Waals surface area contributed by atoms with E-state index >= 15 is 0 Å². The smallest absolute Gasteiger partial charge is 0.272 e. The van der Waals surface area contributed by atoms with Crippen LogP contribution < -0.4 is 24.8 Å². The Morgan fingerprint density at radius 2 is 1.66 bits per heavy atom. The second-order valence-electron chi connectivity index (χ2n) is 6.45. The summed E-state index contributed by atoms with van der Waals surface area (Å²) in [5, 5.41) is 6.27. The van der Waals surface area contributed by atoms with E-state index in [2.05, 4.69) is 15.6 Å². The fourth-order valence-corrected chi connectivity index (χ4v) is 3.09. The summed E-state index contributed by atoms with van der Waals surface area (Å²) in [6.45, 7) is 3.30. The fraction of sp³-hybridized carbons (Fsp3) is 0.238. The third-order valence-corrected chi connectivity index (χ3v) is 4.49. The van der Waals surface area contributed by atoms with Gasteiger partial charge in [0.15, 0.2) is 11.5 Å². The van der Waals surface area contributed by atoms with Crippen molar-refractivity contribution >= 4 is 34.1 Å². The third-order valence-electron chi connectivity index (χ3n) is 4.49. The Bertz CT molecular complexity index is 1090. The number of methoxy groups -OCH3 is 3. The molecule has 0 fully saturated rings. The molecule has 0 aliphatic carbocycles. The predicted octanol–water partition coefficient (Wildman–Crippen LogP) is 3.71. The standard InChI is InChI=1S/C21H23N3O5/c1-11-6-7-13(22-12(2)25)8-15(11)24-21(26)16-9-14-17(27-3)10-18(28-4)20(29-5)19(14)23-16/h6-10,23H,1-5H3,(H,22,25)(H,24,26). The molecule has 29 heavy (non-hydrogen) atoms. The lowest BCUT2D eigenvalue weighted by molar-refractivity contribution is -0.114. The first-order valence-electron chi connectivity index (χ1n) is 8.89. The number of ether oxygens (including phenoxy) is 3. The number of aryl methyl sites for hydroxylation is 1. The van der Waals surface area contributed by atoms with Crippen LogP contribution in [0.5, 0.6) is 17.2 Å². The van der Waals surface area contributed by atoms with Crippen molar-refractivity contribution < 1.29 is 23.8 Å². The van der Waals surface area contributed by atoms with Gasteiger partial charge in [-0.3, -0.25) is 9.59 Å². The molecular formula is C21H23N3O5. The molecule has 0 atom stereocenters. The number of nitrogens with one attached hydrogen (secondary N) is 3.